The predicted octanol–water partition coefficient (Wildman–Crippen LogP) is 1.68. The molecule has 0 saturated heterocycles. The van der Waals surface area contributed by atoms with E-state index in [1.54, 1.807) is 31.2 Å². The van der Waals surface area contributed by atoms with Gasteiger partial charge in [0.1, 0.15) is 0 Å². The summed E-state index contributed by atoms with van der Waals surface area (Å²) in [6, 6.07) is 9.97. The number of aromatic amines is 1. The number of carbonyl (C=O) groups excluding carboxylic acids is 1. The Bertz CT molecular complexity index is 747. The van der Waals surface area contributed by atoms with E-state index >= 15 is 0 Å². The lowest BCUT2D eigenvalue weighted by Gasteiger charge is -2.05. The maximum atomic E-state index is 11.8. The topological polar surface area (TPSA) is 98.6 Å². The van der Waals surface area contributed by atoms with E-state index in [1.807, 2.05) is 6.07 Å². The highest BCUT2D eigenvalue weighted by molar-refractivity contribution is 7.99. The van der Waals surface area contributed by atoms with Crippen molar-refractivity contribution in [2.24, 2.45) is 0 Å². The SMILES string of the molecule is Cc1cc(=O)[nH]c(SCC(=O)Nc2ccc(C#N)cc2)n1. The number of carbonyl (C=O) groups is 1. The Morgan fingerprint density at radius 3 is 2.76 bits per heavy atom. The third-order valence-corrected chi connectivity index (χ3v) is 3.36. The molecule has 1 aromatic heterocycles. The van der Waals surface area contributed by atoms with Crippen LogP contribution in [0.15, 0.2) is 40.3 Å². The molecule has 0 saturated carbocycles. The van der Waals surface area contributed by atoms with Crippen LogP contribution in [0.2, 0.25) is 0 Å². The van der Waals surface area contributed by atoms with Crippen molar-refractivity contribution >= 4 is 23.4 Å². The Morgan fingerprint density at radius 1 is 1.43 bits per heavy atom. The minimum atomic E-state index is -0.238. The van der Waals surface area contributed by atoms with Crippen molar-refractivity contribution in [3.05, 3.63) is 51.9 Å². The van der Waals surface area contributed by atoms with Gasteiger partial charge in [0, 0.05) is 17.4 Å². The van der Waals surface area contributed by atoms with Crippen molar-refractivity contribution in [1.29, 1.82) is 5.26 Å². The number of H-pyrrole nitrogens is 1. The molecule has 1 aromatic carbocycles. The summed E-state index contributed by atoms with van der Waals surface area (Å²) >= 11 is 1.15. The van der Waals surface area contributed by atoms with Gasteiger partial charge in [-0.2, -0.15) is 5.26 Å². The van der Waals surface area contributed by atoms with E-state index in [9.17, 15) is 9.59 Å². The molecule has 0 aliphatic heterocycles. The minimum absolute atomic E-state index is 0.131. The van der Waals surface area contributed by atoms with E-state index in [4.69, 9.17) is 5.26 Å². The van der Waals surface area contributed by atoms with Crippen molar-refractivity contribution in [3.63, 3.8) is 0 Å². The van der Waals surface area contributed by atoms with Gasteiger partial charge >= 0.3 is 0 Å². The normalized spacial score (nSPS) is 9.90. The zero-order valence-corrected chi connectivity index (χ0v) is 12.0. The molecule has 21 heavy (non-hydrogen) atoms. The molecule has 1 amide bonds. The maximum absolute atomic E-state index is 11.8. The molecule has 0 fully saturated rings. The number of aromatic nitrogens is 2. The maximum Gasteiger partial charge on any atom is 0.251 e. The van der Waals surface area contributed by atoms with Crippen LogP contribution in [0.3, 0.4) is 0 Å². The first kappa shape index (κ1) is 14.8. The molecule has 0 bridgehead atoms. The van der Waals surface area contributed by atoms with Crippen molar-refractivity contribution in [3.8, 4) is 6.07 Å². The Morgan fingerprint density at radius 2 is 2.14 bits per heavy atom. The lowest BCUT2D eigenvalue weighted by Crippen LogP contribution is -2.15. The average molecular weight is 300 g/mol. The van der Waals surface area contributed by atoms with Crippen molar-refractivity contribution in [2.45, 2.75) is 12.1 Å². The van der Waals surface area contributed by atoms with Gasteiger partial charge in [-0.25, -0.2) is 4.98 Å². The number of nitrogens with zero attached hydrogens (tertiary/aromatic N) is 2. The van der Waals surface area contributed by atoms with Crippen LogP contribution in [0.1, 0.15) is 11.3 Å². The molecule has 2 rings (SSSR count). The second-order valence-electron chi connectivity index (χ2n) is 4.22. The third kappa shape index (κ3) is 4.47. The molecule has 0 atom stereocenters. The molecule has 0 radical (unpaired) electrons. The van der Waals surface area contributed by atoms with Crippen LogP contribution in [0.4, 0.5) is 5.69 Å². The molecular formula is C14H12N4O2S. The summed E-state index contributed by atoms with van der Waals surface area (Å²) in [5.74, 6) is -0.0827. The van der Waals surface area contributed by atoms with Crippen LogP contribution in [0.25, 0.3) is 0 Å². The fourth-order valence-corrected chi connectivity index (χ4v) is 2.30. The number of amides is 1. The fraction of sp³-hybridized carbons (Fsp3) is 0.143. The largest absolute Gasteiger partial charge is 0.325 e. The first-order valence-electron chi connectivity index (χ1n) is 6.07. The van der Waals surface area contributed by atoms with Gasteiger partial charge in [0.15, 0.2) is 5.16 Å². The van der Waals surface area contributed by atoms with Gasteiger partial charge in [-0.15, -0.1) is 0 Å². The summed E-state index contributed by atoms with van der Waals surface area (Å²) in [7, 11) is 0. The number of thioether (sulfide) groups is 1. The van der Waals surface area contributed by atoms with Crippen molar-refractivity contribution in [2.75, 3.05) is 11.1 Å². The second kappa shape index (κ2) is 6.72. The third-order valence-electron chi connectivity index (χ3n) is 2.49. The minimum Gasteiger partial charge on any atom is -0.325 e. The van der Waals surface area contributed by atoms with Gasteiger partial charge in [-0.3, -0.25) is 9.59 Å². The monoisotopic (exact) mass is 300 g/mol. The summed E-state index contributed by atoms with van der Waals surface area (Å²) in [5, 5.41) is 11.8. The Hall–Kier alpha value is -2.59. The number of nitrogens with one attached hydrogen (secondary N) is 2. The van der Waals surface area contributed by atoms with Crippen LogP contribution in [0.5, 0.6) is 0 Å². The summed E-state index contributed by atoms with van der Waals surface area (Å²) in [6.07, 6.45) is 0. The van der Waals surface area contributed by atoms with E-state index in [0.717, 1.165) is 11.8 Å². The fourth-order valence-electron chi connectivity index (χ4n) is 1.58. The van der Waals surface area contributed by atoms with E-state index in [2.05, 4.69) is 15.3 Å². The Balaban J connectivity index is 1.92. The van der Waals surface area contributed by atoms with Crippen LogP contribution < -0.4 is 10.9 Å². The van der Waals surface area contributed by atoms with Crippen molar-refractivity contribution < 1.29 is 4.79 Å². The number of aryl methyl sites for hydroxylation is 1. The van der Waals surface area contributed by atoms with Gasteiger partial charge in [-0.05, 0) is 31.2 Å². The van der Waals surface area contributed by atoms with Gasteiger partial charge in [0.05, 0.1) is 17.4 Å². The summed E-state index contributed by atoms with van der Waals surface area (Å²) < 4.78 is 0. The lowest BCUT2D eigenvalue weighted by atomic mass is 10.2. The number of hydrogen-bond donors (Lipinski definition) is 2. The van der Waals surface area contributed by atoms with Crippen LogP contribution in [-0.2, 0) is 4.79 Å². The quantitative estimate of drug-likeness (QED) is 0.661. The van der Waals surface area contributed by atoms with E-state index in [1.165, 1.54) is 6.07 Å². The predicted molar refractivity (Wildman–Crippen MR) is 80.1 cm³/mol. The van der Waals surface area contributed by atoms with Gasteiger partial charge in [0.2, 0.25) is 5.91 Å². The van der Waals surface area contributed by atoms with E-state index < -0.39 is 0 Å². The molecule has 0 aliphatic carbocycles. The zero-order chi connectivity index (χ0) is 15.2. The van der Waals surface area contributed by atoms with Crippen LogP contribution >= 0.6 is 11.8 Å². The highest BCUT2D eigenvalue weighted by Crippen LogP contribution is 2.13. The highest BCUT2D eigenvalue weighted by atomic mass is 32.2. The van der Waals surface area contributed by atoms with Gasteiger partial charge in [-0.1, -0.05) is 11.8 Å². The zero-order valence-electron chi connectivity index (χ0n) is 11.2. The standard InChI is InChI=1S/C14H12N4O2S/c1-9-6-12(19)18-14(16-9)21-8-13(20)17-11-4-2-10(7-15)3-5-11/h2-6H,8H2,1H3,(H,17,20)(H,16,18,19). The smallest absolute Gasteiger partial charge is 0.251 e. The summed E-state index contributed by atoms with van der Waals surface area (Å²) in [4.78, 5) is 29.8. The second-order valence-corrected chi connectivity index (χ2v) is 5.18. The molecule has 106 valence electrons. The molecule has 1 heterocycles. The number of rotatable bonds is 4. The molecule has 0 unspecified atom stereocenters. The summed E-state index contributed by atoms with van der Waals surface area (Å²) in [6.45, 7) is 1.72. The molecule has 2 N–H and O–H groups in total. The molecular weight excluding hydrogens is 288 g/mol. The first-order chi connectivity index (χ1) is 10.1. The van der Waals surface area contributed by atoms with E-state index in [0.29, 0.717) is 22.1 Å². The Labute approximate surface area is 125 Å². The molecule has 0 aliphatic rings. The number of hydrogen-bond acceptors (Lipinski definition) is 5. The first-order valence-corrected chi connectivity index (χ1v) is 7.06. The summed E-state index contributed by atoms with van der Waals surface area (Å²) in [5.41, 5.74) is 1.51. The number of nitriles is 1. The lowest BCUT2D eigenvalue weighted by molar-refractivity contribution is -0.113. The number of anilines is 1. The van der Waals surface area contributed by atoms with Crippen molar-refractivity contribution in [1.82, 2.24) is 9.97 Å². The number of benzene rings is 1. The molecule has 7 heteroatoms. The average Bonchev–Trinajstić information content (AvgIpc) is 2.45. The molecule has 2 aromatic rings. The van der Waals surface area contributed by atoms with E-state index in [-0.39, 0.29) is 17.2 Å². The van der Waals surface area contributed by atoms with Crippen LogP contribution in [0, 0.1) is 18.3 Å². The highest BCUT2D eigenvalue weighted by Gasteiger charge is 2.06. The van der Waals surface area contributed by atoms with Gasteiger partial charge in [0.25, 0.3) is 5.56 Å². The molecule has 6 nitrogen and oxygen atoms in total. The van der Waals surface area contributed by atoms with Crippen LogP contribution in [-0.4, -0.2) is 21.6 Å². The van der Waals surface area contributed by atoms with Gasteiger partial charge < -0.3 is 10.3 Å². The molecule has 0 spiro atoms. The Kier molecular flexibility index (Phi) is 4.74.